The molecule has 0 aliphatic heterocycles. The Kier molecular flexibility index (Phi) is 4.14. The van der Waals surface area contributed by atoms with Crippen LogP contribution in [-0.4, -0.2) is 32.0 Å². The van der Waals surface area contributed by atoms with Crippen LogP contribution in [0.3, 0.4) is 0 Å². The molecule has 0 aliphatic carbocycles. The van der Waals surface area contributed by atoms with Crippen LogP contribution in [0.1, 0.15) is 11.4 Å². The summed E-state index contributed by atoms with van der Waals surface area (Å²) in [6.07, 6.45) is 3.71. The molecular weight excluding hydrogens is 250 g/mol. The summed E-state index contributed by atoms with van der Waals surface area (Å²) < 4.78 is 0. The maximum absolute atomic E-state index is 10.4. The third kappa shape index (κ3) is 3.74. The second-order valence-electron chi connectivity index (χ2n) is 3.43. The van der Waals surface area contributed by atoms with Crippen LogP contribution in [0, 0.1) is 0 Å². The number of aromatic amines is 1. The zero-order chi connectivity index (χ0) is 12.8. The van der Waals surface area contributed by atoms with Gasteiger partial charge in [-0.2, -0.15) is 0 Å². The van der Waals surface area contributed by atoms with Crippen LogP contribution in [0.25, 0.3) is 12.2 Å². The number of carbonyl (C=O) groups is 1. The number of hydrogen-bond acceptors (Lipinski definition) is 4. The lowest BCUT2D eigenvalue weighted by atomic mass is 10.2. The van der Waals surface area contributed by atoms with Crippen LogP contribution in [0.2, 0.25) is 0 Å². The highest BCUT2D eigenvalue weighted by Crippen LogP contribution is 2.12. The van der Waals surface area contributed by atoms with Gasteiger partial charge in [-0.15, -0.1) is 5.10 Å². The van der Waals surface area contributed by atoms with Gasteiger partial charge >= 0.3 is 5.97 Å². The number of nitrogens with zero attached hydrogens (tertiary/aromatic N) is 2. The smallest absolute Gasteiger partial charge is 0.313 e. The summed E-state index contributed by atoms with van der Waals surface area (Å²) in [5.74, 6) is -0.322. The Hall–Kier alpha value is -2.08. The number of hydrogen-bond donors (Lipinski definition) is 2. The quantitative estimate of drug-likeness (QED) is 0.806. The number of rotatable bonds is 5. The van der Waals surface area contributed by atoms with Gasteiger partial charge in [-0.1, -0.05) is 48.2 Å². The van der Waals surface area contributed by atoms with E-state index in [0.29, 0.717) is 11.0 Å². The molecule has 5 nitrogen and oxygen atoms in total. The third-order valence-electron chi connectivity index (χ3n) is 2.04. The maximum Gasteiger partial charge on any atom is 0.313 e. The molecule has 6 heteroatoms. The SMILES string of the molecule is O=C(O)CSc1n[nH]c(/C=C\c2ccccc2)n1. The lowest BCUT2D eigenvalue weighted by Gasteiger charge is -1.89. The lowest BCUT2D eigenvalue weighted by Crippen LogP contribution is -1.97. The Morgan fingerprint density at radius 1 is 1.33 bits per heavy atom. The normalized spacial score (nSPS) is 10.9. The van der Waals surface area contributed by atoms with E-state index in [1.54, 1.807) is 6.08 Å². The number of thioether (sulfide) groups is 1. The second-order valence-corrected chi connectivity index (χ2v) is 4.37. The molecule has 0 bridgehead atoms. The summed E-state index contributed by atoms with van der Waals surface area (Å²) in [6.45, 7) is 0. The van der Waals surface area contributed by atoms with Crippen LogP contribution in [-0.2, 0) is 4.79 Å². The first kappa shape index (κ1) is 12.4. The fourth-order valence-corrected chi connectivity index (χ4v) is 1.79. The van der Waals surface area contributed by atoms with Gasteiger partial charge in [0.05, 0.1) is 5.75 Å². The van der Waals surface area contributed by atoms with Gasteiger partial charge in [-0.25, -0.2) is 4.98 Å². The summed E-state index contributed by atoms with van der Waals surface area (Å²) in [7, 11) is 0. The van der Waals surface area contributed by atoms with Crippen molar-refractivity contribution in [2.45, 2.75) is 5.16 Å². The van der Waals surface area contributed by atoms with Gasteiger partial charge in [-0.3, -0.25) is 9.89 Å². The molecule has 2 rings (SSSR count). The molecule has 0 amide bonds. The van der Waals surface area contributed by atoms with Gasteiger partial charge in [0.15, 0.2) is 0 Å². The number of carboxylic acids is 1. The molecule has 0 unspecified atom stereocenters. The summed E-state index contributed by atoms with van der Waals surface area (Å²) in [6, 6.07) is 9.81. The minimum Gasteiger partial charge on any atom is -0.481 e. The van der Waals surface area contributed by atoms with Gasteiger partial charge < -0.3 is 5.11 Å². The zero-order valence-electron chi connectivity index (χ0n) is 9.41. The molecule has 1 aromatic heterocycles. The predicted octanol–water partition coefficient (Wildman–Crippen LogP) is 2.15. The van der Waals surface area contributed by atoms with Gasteiger partial charge in [0, 0.05) is 0 Å². The highest BCUT2D eigenvalue weighted by molar-refractivity contribution is 7.99. The number of nitrogens with one attached hydrogen (secondary N) is 1. The van der Waals surface area contributed by atoms with Crippen molar-refractivity contribution < 1.29 is 9.90 Å². The van der Waals surface area contributed by atoms with Crippen molar-refractivity contribution in [1.82, 2.24) is 15.2 Å². The van der Waals surface area contributed by atoms with E-state index >= 15 is 0 Å². The first-order valence-corrected chi connectivity index (χ1v) is 6.23. The molecule has 0 atom stereocenters. The fraction of sp³-hybridized carbons (Fsp3) is 0.0833. The molecule has 0 saturated heterocycles. The lowest BCUT2D eigenvalue weighted by molar-refractivity contribution is -0.133. The standard InChI is InChI=1S/C12H11N3O2S/c16-11(17)8-18-12-13-10(14-15-12)7-6-9-4-2-1-3-5-9/h1-7H,8H2,(H,16,17)(H,13,14,15)/b7-6-. The van der Waals surface area contributed by atoms with E-state index in [9.17, 15) is 4.79 Å². The Morgan fingerprint density at radius 3 is 2.83 bits per heavy atom. The minimum absolute atomic E-state index is 0.0420. The molecule has 0 saturated carbocycles. The number of aliphatic carboxylic acids is 1. The van der Waals surface area contributed by atoms with Crippen molar-refractivity contribution in [2.75, 3.05) is 5.75 Å². The summed E-state index contributed by atoms with van der Waals surface area (Å²) in [5.41, 5.74) is 1.06. The summed E-state index contributed by atoms with van der Waals surface area (Å²) >= 11 is 1.08. The van der Waals surface area contributed by atoms with Crippen molar-refractivity contribution in [3.63, 3.8) is 0 Å². The van der Waals surface area contributed by atoms with E-state index in [4.69, 9.17) is 5.11 Å². The molecule has 0 spiro atoms. The van der Waals surface area contributed by atoms with E-state index in [2.05, 4.69) is 15.2 Å². The third-order valence-corrected chi connectivity index (χ3v) is 2.87. The Balaban J connectivity index is 1.98. The van der Waals surface area contributed by atoms with Crippen molar-refractivity contribution in [3.05, 3.63) is 41.7 Å². The molecule has 0 aliphatic rings. The molecular formula is C12H11N3O2S. The molecule has 2 N–H and O–H groups in total. The van der Waals surface area contributed by atoms with E-state index in [1.807, 2.05) is 36.4 Å². The van der Waals surface area contributed by atoms with Gasteiger partial charge in [0.25, 0.3) is 0 Å². The Bertz CT molecular complexity index is 551. The van der Waals surface area contributed by atoms with Crippen LogP contribution >= 0.6 is 11.8 Å². The summed E-state index contributed by atoms with van der Waals surface area (Å²) in [5, 5.41) is 15.6. The van der Waals surface area contributed by atoms with Gasteiger partial charge in [-0.05, 0) is 11.6 Å². The van der Waals surface area contributed by atoms with Gasteiger partial charge in [0.1, 0.15) is 5.82 Å². The van der Waals surface area contributed by atoms with E-state index in [0.717, 1.165) is 17.3 Å². The predicted molar refractivity (Wildman–Crippen MR) is 70.1 cm³/mol. The number of H-pyrrole nitrogens is 1. The largest absolute Gasteiger partial charge is 0.481 e. The molecule has 0 fully saturated rings. The van der Waals surface area contributed by atoms with Crippen LogP contribution in [0.5, 0.6) is 0 Å². The van der Waals surface area contributed by atoms with Crippen molar-refractivity contribution >= 4 is 29.9 Å². The number of aromatic nitrogens is 3. The highest BCUT2D eigenvalue weighted by atomic mass is 32.2. The molecule has 92 valence electrons. The summed E-state index contributed by atoms with van der Waals surface area (Å²) in [4.78, 5) is 14.5. The van der Waals surface area contributed by atoms with Crippen LogP contribution in [0.15, 0.2) is 35.5 Å². The second kappa shape index (κ2) is 6.02. The average Bonchev–Trinajstić information content (AvgIpc) is 2.83. The van der Waals surface area contributed by atoms with E-state index in [-0.39, 0.29) is 5.75 Å². The van der Waals surface area contributed by atoms with E-state index < -0.39 is 5.97 Å². The Labute approximate surface area is 108 Å². The monoisotopic (exact) mass is 261 g/mol. The van der Waals surface area contributed by atoms with Crippen molar-refractivity contribution in [3.8, 4) is 0 Å². The first-order valence-electron chi connectivity index (χ1n) is 5.24. The maximum atomic E-state index is 10.4. The molecule has 18 heavy (non-hydrogen) atoms. The van der Waals surface area contributed by atoms with Crippen molar-refractivity contribution in [1.29, 1.82) is 0 Å². The van der Waals surface area contributed by atoms with Crippen LogP contribution in [0.4, 0.5) is 0 Å². The molecule has 1 aromatic carbocycles. The van der Waals surface area contributed by atoms with Gasteiger partial charge in [0.2, 0.25) is 5.16 Å². The number of benzene rings is 1. The number of carboxylic acid groups (broad SMARTS) is 1. The molecule has 2 aromatic rings. The van der Waals surface area contributed by atoms with E-state index in [1.165, 1.54) is 0 Å². The van der Waals surface area contributed by atoms with Crippen molar-refractivity contribution in [2.24, 2.45) is 0 Å². The molecule has 1 heterocycles. The first-order chi connectivity index (χ1) is 8.74. The van der Waals surface area contributed by atoms with Crippen LogP contribution < -0.4 is 0 Å². The topological polar surface area (TPSA) is 78.9 Å². The zero-order valence-corrected chi connectivity index (χ0v) is 10.2. The average molecular weight is 261 g/mol. The fourth-order valence-electron chi connectivity index (χ4n) is 1.26. The Morgan fingerprint density at radius 2 is 2.11 bits per heavy atom. The molecule has 0 radical (unpaired) electrons. The minimum atomic E-state index is -0.883. The highest BCUT2D eigenvalue weighted by Gasteiger charge is 2.04.